The molecule has 0 aromatic rings. The van der Waals surface area contributed by atoms with Gasteiger partial charge in [0.2, 0.25) is 0 Å². The summed E-state index contributed by atoms with van der Waals surface area (Å²) in [6, 6.07) is 0.450. The molecular weight excluding hydrogens is 232 g/mol. The molecule has 2 aliphatic rings. The molecule has 0 radical (unpaired) electrons. The molecule has 0 aromatic heterocycles. The normalized spacial score (nSPS) is 30.9. The Bertz CT molecular complexity index is 256. The Morgan fingerprint density at radius 3 is 2.42 bits per heavy atom. The summed E-state index contributed by atoms with van der Waals surface area (Å²) in [5.74, 6) is 1.56. The lowest BCUT2D eigenvalue weighted by atomic mass is 9.78. The van der Waals surface area contributed by atoms with E-state index in [1.54, 1.807) is 0 Å². The van der Waals surface area contributed by atoms with E-state index in [-0.39, 0.29) is 0 Å². The first-order valence-corrected chi connectivity index (χ1v) is 8.58. The lowest BCUT2D eigenvalue weighted by Gasteiger charge is -2.34. The maximum Gasteiger partial charge on any atom is 0.00792 e. The van der Waals surface area contributed by atoms with Crippen LogP contribution in [0.3, 0.4) is 0 Å². The zero-order valence-corrected chi connectivity index (χ0v) is 13.1. The number of hydrogen-bond acceptors (Lipinski definition) is 2. The molecule has 0 aromatic carbocycles. The summed E-state index contributed by atoms with van der Waals surface area (Å²) in [6.07, 6.45) is 12.5. The molecule has 2 fully saturated rings. The summed E-state index contributed by atoms with van der Waals surface area (Å²) in [5.41, 5.74) is 6.85. The fraction of sp³-hybridized carbons (Fsp3) is 1.00. The van der Waals surface area contributed by atoms with Crippen molar-refractivity contribution in [3.63, 3.8) is 0 Å². The van der Waals surface area contributed by atoms with E-state index in [1.165, 1.54) is 64.3 Å². The smallest absolute Gasteiger partial charge is 0.00792 e. The minimum Gasteiger partial charge on any atom is -0.327 e. The van der Waals surface area contributed by atoms with Gasteiger partial charge in [0, 0.05) is 12.6 Å². The largest absolute Gasteiger partial charge is 0.327 e. The van der Waals surface area contributed by atoms with Gasteiger partial charge in [-0.15, -0.1) is 0 Å². The van der Waals surface area contributed by atoms with Crippen LogP contribution in [0, 0.1) is 17.3 Å². The highest BCUT2D eigenvalue weighted by molar-refractivity contribution is 4.88. The predicted octanol–water partition coefficient (Wildman–Crippen LogP) is 3.70. The van der Waals surface area contributed by atoms with Crippen LogP contribution in [-0.4, -0.2) is 19.1 Å². The summed E-state index contributed by atoms with van der Waals surface area (Å²) >= 11 is 0. The van der Waals surface area contributed by atoms with Gasteiger partial charge in [0.05, 0.1) is 0 Å². The Morgan fingerprint density at radius 1 is 1.11 bits per heavy atom. The summed E-state index contributed by atoms with van der Waals surface area (Å²) in [6.45, 7) is 7.13. The van der Waals surface area contributed by atoms with Gasteiger partial charge in [0.15, 0.2) is 0 Å². The zero-order chi connectivity index (χ0) is 13.7. The van der Waals surface area contributed by atoms with Crippen molar-refractivity contribution in [2.75, 3.05) is 13.1 Å². The van der Waals surface area contributed by atoms with Crippen molar-refractivity contribution in [1.82, 2.24) is 5.32 Å². The molecule has 2 unspecified atom stereocenters. The van der Waals surface area contributed by atoms with Gasteiger partial charge in [-0.3, -0.25) is 0 Å². The van der Waals surface area contributed by atoms with Crippen LogP contribution in [0.1, 0.15) is 71.6 Å². The molecule has 0 amide bonds. The van der Waals surface area contributed by atoms with E-state index in [0.717, 1.165) is 18.4 Å². The Labute approximate surface area is 119 Å². The van der Waals surface area contributed by atoms with Crippen LogP contribution in [0.25, 0.3) is 0 Å². The highest BCUT2D eigenvalue weighted by Gasteiger charge is 2.34. The second kappa shape index (κ2) is 7.08. The first-order valence-electron chi connectivity index (χ1n) is 8.58. The van der Waals surface area contributed by atoms with Gasteiger partial charge in [-0.1, -0.05) is 39.5 Å². The molecule has 2 aliphatic carbocycles. The van der Waals surface area contributed by atoms with Gasteiger partial charge in [0.25, 0.3) is 0 Å². The SMILES string of the molecule is CC(C)CC1(CNCC2CCCCC2N)CCCC1. The van der Waals surface area contributed by atoms with Gasteiger partial charge in [0.1, 0.15) is 0 Å². The van der Waals surface area contributed by atoms with Crippen LogP contribution < -0.4 is 11.1 Å². The molecule has 0 spiro atoms. The van der Waals surface area contributed by atoms with E-state index in [4.69, 9.17) is 5.73 Å². The molecule has 3 N–H and O–H groups in total. The first-order chi connectivity index (χ1) is 9.11. The van der Waals surface area contributed by atoms with Crippen molar-refractivity contribution in [2.45, 2.75) is 77.7 Å². The maximum absolute atomic E-state index is 6.25. The van der Waals surface area contributed by atoms with Gasteiger partial charge >= 0.3 is 0 Å². The standard InChI is InChI=1S/C17H34N2/c1-14(2)11-17(9-5-6-10-17)13-19-12-15-7-3-4-8-16(15)18/h14-16,19H,3-13,18H2,1-2H3. The number of hydrogen-bond donors (Lipinski definition) is 2. The van der Waals surface area contributed by atoms with Crippen LogP contribution in [0.5, 0.6) is 0 Å². The summed E-state index contributed by atoms with van der Waals surface area (Å²) in [4.78, 5) is 0. The average Bonchev–Trinajstić information content (AvgIpc) is 2.79. The fourth-order valence-electron chi connectivity index (χ4n) is 4.46. The van der Waals surface area contributed by atoms with Crippen molar-refractivity contribution >= 4 is 0 Å². The Balaban J connectivity index is 1.76. The monoisotopic (exact) mass is 266 g/mol. The van der Waals surface area contributed by atoms with Gasteiger partial charge in [-0.25, -0.2) is 0 Å². The second-order valence-corrected chi connectivity index (χ2v) is 7.64. The summed E-state index contributed by atoms with van der Waals surface area (Å²) in [5, 5.41) is 3.79. The quantitative estimate of drug-likeness (QED) is 0.769. The average molecular weight is 266 g/mol. The molecule has 0 saturated heterocycles. The lowest BCUT2D eigenvalue weighted by Crippen LogP contribution is -2.42. The van der Waals surface area contributed by atoms with Crippen LogP contribution in [-0.2, 0) is 0 Å². The van der Waals surface area contributed by atoms with Crippen LogP contribution in [0.2, 0.25) is 0 Å². The highest BCUT2D eigenvalue weighted by Crippen LogP contribution is 2.42. The fourth-order valence-corrected chi connectivity index (χ4v) is 4.46. The molecule has 2 atom stereocenters. The van der Waals surface area contributed by atoms with Gasteiger partial charge < -0.3 is 11.1 Å². The van der Waals surface area contributed by atoms with Crippen molar-refractivity contribution in [3.05, 3.63) is 0 Å². The number of nitrogens with one attached hydrogen (secondary N) is 1. The van der Waals surface area contributed by atoms with E-state index in [9.17, 15) is 0 Å². The third-order valence-corrected chi connectivity index (χ3v) is 5.38. The Kier molecular flexibility index (Phi) is 5.70. The van der Waals surface area contributed by atoms with Crippen molar-refractivity contribution in [1.29, 1.82) is 0 Å². The number of rotatable bonds is 6. The van der Waals surface area contributed by atoms with Crippen LogP contribution >= 0.6 is 0 Å². The minimum absolute atomic E-state index is 0.450. The molecular formula is C17H34N2. The molecule has 2 saturated carbocycles. The van der Waals surface area contributed by atoms with Crippen molar-refractivity contribution in [3.8, 4) is 0 Å². The van der Waals surface area contributed by atoms with E-state index in [2.05, 4.69) is 19.2 Å². The molecule has 112 valence electrons. The second-order valence-electron chi connectivity index (χ2n) is 7.64. The summed E-state index contributed by atoms with van der Waals surface area (Å²) in [7, 11) is 0. The van der Waals surface area contributed by atoms with Gasteiger partial charge in [-0.2, -0.15) is 0 Å². The van der Waals surface area contributed by atoms with E-state index >= 15 is 0 Å². The predicted molar refractivity (Wildman–Crippen MR) is 83.2 cm³/mol. The zero-order valence-electron chi connectivity index (χ0n) is 13.1. The Hall–Kier alpha value is -0.0800. The van der Waals surface area contributed by atoms with E-state index < -0.39 is 0 Å². The third kappa shape index (κ3) is 4.46. The van der Waals surface area contributed by atoms with Crippen LogP contribution in [0.15, 0.2) is 0 Å². The van der Waals surface area contributed by atoms with E-state index in [1.807, 2.05) is 0 Å². The van der Waals surface area contributed by atoms with Gasteiger partial charge in [-0.05, 0) is 55.9 Å². The minimum atomic E-state index is 0.450. The molecule has 19 heavy (non-hydrogen) atoms. The lowest BCUT2D eigenvalue weighted by molar-refractivity contribution is 0.210. The molecule has 2 heteroatoms. The number of nitrogens with two attached hydrogens (primary N) is 1. The Morgan fingerprint density at radius 2 is 1.79 bits per heavy atom. The molecule has 0 aliphatic heterocycles. The van der Waals surface area contributed by atoms with Crippen molar-refractivity contribution in [2.24, 2.45) is 23.0 Å². The molecule has 2 rings (SSSR count). The van der Waals surface area contributed by atoms with Crippen LogP contribution in [0.4, 0.5) is 0 Å². The highest BCUT2D eigenvalue weighted by atomic mass is 14.9. The molecule has 2 nitrogen and oxygen atoms in total. The topological polar surface area (TPSA) is 38.0 Å². The first kappa shape index (κ1) is 15.3. The maximum atomic E-state index is 6.25. The molecule has 0 bridgehead atoms. The van der Waals surface area contributed by atoms with E-state index in [0.29, 0.717) is 11.5 Å². The third-order valence-electron chi connectivity index (χ3n) is 5.38. The molecule has 0 heterocycles. The van der Waals surface area contributed by atoms with Crippen molar-refractivity contribution < 1.29 is 0 Å². The summed E-state index contributed by atoms with van der Waals surface area (Å²) < 4.78 is 0.